The van der Waals surface area contributed by atoms with Crippen LogP contribution in [0.1, 0.15) is 58.3 Å². The third kappa shape index (κ3) is 3.95. The number of hydrogen-bond donors (Lipinski definition) is 1. The van der Waals surface area contributed by atoms with Crippen LogP contribution < -0.4 is 5.73 Å². The van der Waals surface area contributed by atoms with Crippen LogP contribution in [0.4, 0.5) is 4.39 Å². The van der Waals surface area contributed by atoms with E-state index in [1.54, 1.807) is 0 Å². The summed E-state index contributed by atoms with van der Waals surface area (Å²) in [5.41, 5.74) is 6.04. The molecule has 1 saturated carbocycles. The van der Waals surface area contributed by atoms with Crippen molar-refractivity contribution in [2.24, 2.45) is 11.7 Å². The second-order valence-corrected chi connectivity index (χ2v) is 4.68. The minimum Gasteiger partial charge on any atom is -0.327 e. The second-order valence-electron chi connectivity index (χ2n) is 4.68. The molecule has 2 N–H and O–H groups in total. The molecule has 0 aromatic rings. The van der Waals surface area contributed by atoms with Crippen LogP contribution in [-0.2, 0) is 0 Å². The number of nitrogens with two attached hydrogens (primary N) is 1. The van der Waals surface area contributed by atoms with Gasteiger partial charge in [0.05, 0.1) is 0 Å². The lowest BCUT2D eigenvalue weighted by molar-refractivity contribution is 0.222. The van der Waals surface area contributed by atoms with Gasteiger partial charge in [0.15, 0.2) is 0 Å². The van der Waals surface area contributed by atoms with Crippen molar-refractivity contribution in [2.75, 3.05) is 0 Å². The SMILES string of the molecule is CCCC(F)CC(N)C1CCCCC1. The van der Waals surface area contributed by atoms with Gasteiger partial charge in [0, 0.05) is 6.04 Å². The van der Waals surface area contributed by atoms with Crippen molar-refractivity contribution in [3.05, 3.63) is 0 Å². The summed E-state index contributed by atoms with van der Waals surface area (Å²) in [5.74, 6) is 0.596. The van der Waals surface area contributed by atoms with Crippen LogP contribution in [0.2, 0.25) is 0 Å². The quantitative estimate of drug-likeness (QED) is 0.724. The molecule has 2 heteroatoms. The summed E-state index contributed by atoms with van der Waals surface area (Å²) >= 11 is 0. The highest BCUT2D eigenvalue weighted by Gasteiger charge is 2.22. The molecule has 0 heterocycles. The molecule has 2 unspecified atom stereocenters. The number of alkyl halides is 1. The maximum atomic E-state index is 13.3. The van der Waals surface area contributed by atoms with Crippen LogP contribution in [-0.4, -0.2) is 12.2 Å². The van der Waals surface area contributed by atoms with Gasteiger partial charge in [-0.15, -0.1) is 0 Å². The fourth-order valence-corrected chi connectivity index (χ4v) is 2.48. The van der Waals surface area contributed by atoms with E-state index >= 15 is 0 Å². The van der Waals surface area contributed by atoms with Crippen molar-refractivity contribution in [1.82, 2.24) is 0 Å². The van der Waals surface area contributed by atoms with Gasteiger partial charge in [0.2, 0.25) is 0 Å². The van der Waals surface area contributed by atoms with Crippen LogP contribution in [0.3, 0.4) is 0 Å². The van der Waals surface area contributed by atoms with E-state index in [9.17, 15) is 4.39 Å². The third-order valence-corrected chi connectivity index (χ3v) is 3.39. The lowest BCUT2D eigenvalue weighted by Gasteiger charge is -2.28. The Morgan fingerprint density at radius 2 is 1.93 bits per heavy atom. The van der Waals surface area contributed by atoms with Gasteiger partial charge in [-0.1, -0.05) is 32.6 Å². The standard InChI is InChI=1S/C12H24FN/c1-2-6-11(13)9-12(14)10-7-4-3-5-8-10/h10-12H,2-9,14H2,1H3. The zero-order valence-corrected chi connectivity index (χ0v) is 9.34. The van der Waals surface area contributed by atoms with Gasteiger partial charge in [-0.2, -0.15) is 0 Å². The Balaban J connectivity index is 2.21. The summed E-state index contributed by atoms with van der Waals surface area (Å²) in [6.07, 6.45) is 7.90. The van der Waals surface area contributed by atoms with Gasteiger partial charge >= 0.3 is 0 Å². The molecule has 84 valence electrons. The van der Waals surface area contributed by atoms with Crippen molar-refractivity contribution in [1.29, 1.82) is 0 Å². The van der Waals surface area contributed by atoms with Crippen LogP contribution in [0, 0.1) is 5.92 Å². The normalized spacial score (nSPS) is 23.4. The van der Waals surface area contributed by atoms with Crippen LogP contribution in [0.25, 0.3) is 0 Å². The first-order valence-electron chi connectivity index (χ1n) is 6.13. The smallest absolute Gasteiger partial charge is 0.102 e. The topological polar surface area (TPSA) is 26.0 Å². The highest BCUT2D eigenvalue weighted by molar-refractivity contribution is 4.78. The molecule has 1 fully saturated rings. The van der Waals surface area contributed by atoms with E-state index in [-0.39, 0.29) is 6.04 Å². The fraction of sp³-hybridized carbons (Fsp3) is 1.00. The third-order valence-electron chi connectivity index (χ3n) is 3.39. The van der Waals surface area contributed by atoms with E-state index in [1.807, 2.05) is 6.92 Å². The predicted molar refractivity (Wildman–Crippen MR) is 59.0 cm³/mol. The Morgan fingerprint density at radius 1 is 1.29 bits per heavy atom. The van der Waals surface area contributed by atoms with Gasteiger partial charge in [-0.25, -0.2) is 4.39 Å². The number of hydrogen-bond acceptors (Lipinski definition) is 1. The summed E-state index contributed by atoms with van der Waals surface area (Å²) in [7, 11) is 0. The molecule has 0 aromatic carbocycles. The van der Waals surface area contributed by atoms with Crippen molar-refractivity contribution < 1.29 is 4.39 Å². The summed E-state index contributed by atoms with van der Waals surface area (Å²) in [6.45, 7) is 2.03. The van der Waals surface area contributed by atoms with Crippen molar-refractivity contribution in [2.45, 2.75) is 70.5 Å². The van der Waals surface area contributed by atoms with E-state index in [2.05, 4.69) is 0 Å². The van der Waals surface area contributed by atoms with E-state index in [1.165, 1.54) is 32.1 Å². The van der Waals surface area contributed by atoms with Crippen molar-refractivity contribution >= 4 is 0 Å². The Hall–Kier alpha value is -0.110. The molecule has 1 aliphatic rings. The van der Waals surface area contributed by atoms with Crippen LogP contribution >= 0.6 is 0 Å². The highest BCUT2D eigenvalue weighted by Crippen LogP contribution is 2.28. The maximum absolute atomic E-state index is 13.3. The molecule has 0 radical (unpaired) electrons. The van der Waals surface area contributed by atoms with Crippen LogP contribution in [0.5, 0.6) is 0 Å². The number of halogens is 1. The van der Waals surface area contributed by atoms with E-state index in [0.717, 1.165) is 6.42 Å². The summed E-state index contributed by atoms with van der Waals surface area (Å²) in [4.78, 5) is 0. The average molecular weight is 201 g/mol. The highest BCUT2D eigenvalue weighted by atomic mass is 19.1. The Morgan fingerprint density at radius 3 is 2.50 bits per heavy atom. The molecule has 0 amide bonds. The molecule has 14 heavy (non-hydrogen) atoms. The van der Waals surface area contributed by atoms with Gasteiger partial charge in [0.1, 0.15) is 6.17 Å². The molecule has 1 rings (SSSR count). The Bertz CT molecular complexity index is 143. The van der Waals surface area contributed by atoms with Crippen LogP contribution in [0.15, 0.2) is 0 Å². The van der Waals surface area contributed by atoms with E-state index in [0.29, 0.717) is 18.8 Å². The molecule has 0 aromatic heterocycles. The first-order valence-corrected chi connectivity index (χ1v) is 6.13. The zero-order chi connectivity index (χ0) is 10.4. The minimum absolute atomic E-state index is 0.108. The molecule has 0 bridgehead atoms. The first-order chi connectivity index (χ1) is 6.74. The molecular formula is C12H24FN. The molecule has 0 spiro atoms. The van der Waals surface area contributed by atoms with Gasteiger partial charge in [0.25, 0.3) is 0 Å². The predicted octanol–water partition coefficient (Wildman–Crippen LogP) is 3.42. The van der Waals surface area contributed by atoms with Gasteiger partial charge in [-0.05, 0) is 31.6 Å². The lowest BCUT2D eigenvalue weighted by Crippen LogP contribution is -2.34. The molecular weight excluding hydrogens is 177 g/mol. The molecule has 1 aliphatic carbocycles. The summed E-state index contributed by atoms with van der Waals surface area (Å²) in [5, 5.41) is 0. The van der Waals surface area contributed by atoms with Gasteiger partial charge in [-0.3, -0.25) is 0 Å². The Labute approximate surface area is 87.3 Å². The second kappa shape index (κ2) is 6.39. The molecule has 1 nitrogen and oxygen atoms in total. The maximum Gasteiger partial charge on any atom is 0.102 e. The monoisotopic (exact) mass is 201 g/mol. The Kier molecular flexibility index (Phi) is 5.46. The largest absolute Gasteiger partial charge is 0.327 e. The van der Waals surface area contributed by atoms with E-state index < -0.39 is 6.17 Å². The van der Waals surface area contributed by atoms with Gasteiger partial charge < -0.3 is 5.73 Å². The zero-order valence-electron chi connectivity index (χ0n) is 9.34. The molecule has 0 saturated heterocycles. The summed E-state index contributed by atoms with van der Waals surface area (Å²) in [6, 6.07) is 0.108. The van der Waals surface area contributed by atoms with Crippen molar-refractivity contribution in [3.8, 4) is 0 Å². The van der Waals surface area contributed by atoms with Crippen molar-refractivity contribution in [3.63, 3.8) is 0 Å². The average Bonchev–Trinajstić information content (AvgIpc) is 2.19. The minimum atomic E-state index is -0.670. The number of rotatable bonds is 5. The molecule has 2 atom stereocenters. The summed E-state index contributed by atoms with van der Waals surface area (Å²) < 4.78 is 13.3. The first kappa shape index (κ1) is 12.0. The van der Waals surface area contributed by atoms with E-state index in [4.69, 9.17) is 5.73 Å². The molecule has 0 aliphatic heterocycles. The lowest BCUT2D eigenvalue weighted by atomic mass is 9.82. The fourth-order valence-electron chi connectivity index (χ4n) is 2.48.